The Balaban J connectivity index is 6.67. The molecule has 0 fully saturated rings. The lowest BCUT2D eigenvalue weighted by Crippen LogP contribution is -2.73. The van der Waals surface area contributed by atoms with Crippen LogP contribution < -0.4 is 0 Å². The molecule has 0 aromatic carbocycles. The van der Waals surface area contributed by atoms with Gasteiger partial charge in [-0.15, -0.1) is 0 Å². The van der Waals surface area contributed by atoms with Crippen molar-refractivity contribution in [3.8, 4) is 0 Å². The number of halogens is 18. The molecule has 0 rings (SSSR count). The van der Waals surface area contributed by atoms with E-state index in [0.29, 0.717) is 0 Å². The number of rotatable bonds is 9. The molecule has 1 N–H and O–H groups in total. The van der Waals surface area contributed by atoms with Crippen LogP contribution in [0.2, 0.25) is 0 Å². The minimum atomic E-state index is -8.49. The summed E-state index contributed by atoms with van der Waals surface area (Å²) >= 11 is 0. The smallest absolute Gasteiger partial charge is 0.331 e. The second-order valence-corrected chi connectivity index (χ2v) is 7.37. The highest BCUT2D eigenvalue weighted by Crippen LogP contribution is 2.63. The molecule has 0 aliphatic heterocycles. The predicted octanol–water partition coefficient (Wildman–Crippen LogP) is 6.63. The molecule has 0 atom stereocenters. The van der Waals surface area contributed by atoms with Gasteiger partial charge in [0.1, 0.15) is 0 Å². The topological polar surface area (TPSA) is 29.5 Å². The van der Waals surface area contributed by atoms with E-state index in [1.165, 1.54) is 4.74 Å². The van der Waals surface area contributed by atoms with Gasteiger partial charge in [-0.05, 0) is 0 Å². The molecule has 0 saturated heterocycles. The van der Waals surface area contributed by atoms with Crippen LogP contribution in [0.25, 0.3) is 0 Å². The van der Waals surface area contributed by atoms with E-state index in [1.807, 2.05) is 0 Å². The molecule has 20 heteroatoms. The fraction of sp³-hybridized carbons (Fsp3) is 1.00. The fourth-order valence-electron chi connectivity index (χ4n) is 1.71. The first kappa shape index (κ1) is 31.7. The lowest BCUT2D eigenvalue weighted by molar-refractivity contribution is -0.526. The molecule has 0 unspecified atom stereocenters. The van der Waals surface area contributed by atoms with Crippen LogP contribution in [0.5, 0.6) is 0 Å². The second-order valence-electron chi connectivity index (χ2n) is 7.37. The zero-order valence-electron chi connectivity index (χ0n) is 15.7. The molecule has 0 heterocycles. The SMILES string of the molecule is CC(C)(C)C(F)(F)C(F)(F)C(F)(F)C(F)(F)C(F)(F)C(F)(F)OC(F)(F)C(F)(F)C(O)(F)F. The third-order valence-electron chi connectivity index (χ3n) is 3.88. The standard InChI is InChI=1S/C13H10F18O2/c1-4(2,3)5(14,15)6(16,17)7(18,19)8(20,21)9(22,23)12(28,29)33-13(30,31)10(24,25)11(26,27)32/h32H,1-3H3. The highest BCUT2D eigenvalue weighted by atomic mass is 19.4. The summed E-state index contributed by atoms with van der Waals surface area (Å²) in [6, 6.07) is 0. The molecule has 0 aliphatic rings. The van der Waals surface area contributed by atoms with E-state index in [-0.39, 0.29) is 20.8 Å². The van der Waals surface area contributed by atoms with Crippen LogP contribution in [-0.2, 0) is 4.74 Å². The number of alkyl halides is 18. The van der Waals surface area contributed by atoms with Gasteiger partial charge >= 0.3 is 53.9 Å². The molecule has 0 amide bonds. The third kappa shape index (κ3) is 4.29. The Morgan fingerprint density at radius 2 is 0.636 bits per heavy atom. The Labute approximate surface area is 170 Å². The van der Waals surface area contributed by atoms with Crippen LogP contribution in [0, 0.1) is 5.41 Å². The average molecular weight is 540 g/mol. The first-order chi connectivity index (χ1) is 13.7. The van der Waals surface area contributed by atoms with E-state index in [2.05, 4.69) is 0 Å². The van der Waals surface area contributed by atoms with Gasteiger partial charge in [0.2, 0.25) is 0 Å². The van der Waals surface area contributed by atoms with E-state index in [0.717, 1.165) is 0 Å². The number of ether oxygens (including phenoxy) is 1. The maximum atomic E-state index is 13.6. The highest BCUT2D eigenvalue weighted by Gasteiger charge is 2.92. The lowest BCUT2D eigenvalue weighted by atomic mass is 9.80. The van der Waals surface area contributed by atoms with Crippen molar-refractivity contribution in [3.05, 3.63) is 0 Å². The van der Waals surface area contributed by atoms with E-state index in [4.69, 9.17) is 5.11 Å². The summed E-state index contributed by atoms with van der Waals surface area (Å²) < 4.78 is 238. The van der Waals surface area contributed by atoms with Crippen LogP contribution in [0.15, 0.2) is 0 Å². The minimum absolute atomic E-state index is 0.0251. The molecule has 0 bridgehead atoms. The van der Waals surface area contributed by atoms with Crippen LogP contribution in [0.4, 0.5) is 79.0 Å². The number of aliphatic hydroxyl groups is 1. The normalized spacial score (nSPS) is 16.9. The van der Waals surface area contributed by atoms with Gasteiger partial charge in [0.15, 0.2) is 0 Å². The molecular weight excluding hydrogens is 530 g/mol. The lowest BCUT2D eigenvalue weighted by Gasteiger charge is -2.44. The van der Waals surface area contributed by atoms with Gasteiger partial charge in [-0.2, -0.15) is 79.0 Å². The zero-order valence-corrected chi connectivity index (χ0v) is 15.7. The average Bonchev–Trinajstić information content (AvgIpc) is 2.50. The van der Waals surface area contributed by atoms with Gasteiger partial charge in [-0.25, -0.2) is 4.74 Å². The number of hydrogen-bond acceptors (Lipinski definition) is 2. The van der Waals surface area contributed by atoms with Crippen molar-refractivity contribution in [2.45, 2.75) is 74.6 Å². The largest absolute Gasteiger partial charge is 0.433 e. The number of hydrogen-bond donors (Lipinski definition) is 1. The quantitative estimate of drug-likeness (QED) is 0.333. The molecular formula is C13H10F18O2. The Hall–Kier alpha value is -1.34. The Morgan fingerprint density at radius 1 is 0.394 bits per heavy atom. The second kappa shape index (κ2) is 7.58. The van der Waals surface area contributed by atoms with E-state index in [1.54, 1.807) is 0 Å². The molecule has 0 aromatic rings. The van der Waals surface area contributed by atoms with Crippen molar-refractivity contribution >= 4 is 0 Å². The van der Waals surface area contributed by atoms with Crippen molar-refractivity contribution in [2.24, 2.45) is 5.41 Å². The van der Waals surface area contributed by atoms with Crippen molar-refractivity contribution < 1.29 is 88.9 Å². The Bertz CT molecular complexity index is 714. The fourth-order valence-corrected chi connectivity index (χ4v) is 1.71. The third-order valence-corrected chi connectivity index (χ3v) is 3.88. The highest BCUT2D eigenvalue weighted by molar-refractivity contribution is 5.12. The van der Waals surface area contributed by atoms with E-state index >= 15 is 0 Å². The van der Waals surface area contributed by atoms with Crippen LogP contribution in [0.3, 0.4) is 0 Å². The minimum Gasteiger partial charge on any atom is -0.331 e. The summed E-state index contributed by atoms with van der Waals surface area (Å²) in [5, 5.41) is 7.52. The van der Waals surface area contributed by atoms with Gasteiger partial charge in [0, 0.05) is 5.41 Å². The molecule has 0 spiro atoms. The monoisotopic (exact) mass is 540 g/mol. The summed E-state index contributed by atoms with van der Waals surface area (Å²) in [7, 11) is 0. The van der Waals surface area contributed by atoms with Gasteiger partial charge in [-0.3, -0.25) is 0 Å². The predicted molar refractivity (Wildman–Crippen MR) is 67.3 cm³/mol. The van der Waals surface area contributed by atoms with Gasteiger partial charge in [0.05, 0.1) is 0 Å². The van der Waals surface area contributed by atoms with E-state index < -0.39 is 59.3 Å². The summed E-state index contributed by atoms with van der Waals surface area (Å²) in [4.78, 5) is 0. The summed E-state index contributed by atoms with van der Waals surface area (Å²) in [6.45, 7) is -0.0753. The molecule has 0 aliphatic carbocycles. The van der Waals surface area contributed by atoms with E-state index in [9.17, 15) is 79.0 Å². The molecule has 0 radical (unpaired) electrons. The maximum absolute atomic E-state index is 13.6. The van der Waals surface area contributed by atoms with Crippen LogP contribution in [-0.4, -0.2) is 59.0 Å². The zero-order chi connectivity index (χ0) is 27.7. The first-order valence-electron chi connectivity index (χ1n) is 7.53. The molecule has 33 heavy (non-hydrogen) atoms. The Kier molecular flexibility index (Phi) is 7.27. The van der Waals surface area contributed by atoms with Crippen LogP contribution >= 0.6 is 0 Å². The van der Waals surface area contributed by atoms with Crippen molar-refractivity contribution in [2.75, 3.05) is 0 Å². The summed E-state index contributed by atoms with van der Waals surface area (Å²) in [6.07, 6.45) is -23.0. The van der Waals surface area contributed by atoms with Crippen molar-refractivity contribution in [1.29, 1.82) is 0 Å². The Morgan fingerprint density at radius 3 is 0.909 bits per heavy atom. The summed E-state index contributed by atoms with van der Waals surface area (Å²) in [5.74, 6) is -46.9. The summed E-state index contributed by atoms with van der Waals surface area (Å²) in [5.41, 5.74) is -3.47. The molecule has 2 nitrogen and oxygen atoms in total. The molecule has 0 saturated carbocycles. The van der Waals surface area contributed by atoms with Crippen LogP contribution in [0.1, 0.15) is 20.8 Å². The van der Waals surface area contributed by atoms with Crippen molar-refractivity contribution in [1.82, 2.24) is 0 Å². The maximum Gasteiger partial charge on any atom is 0.433 e. The molecule has 0 aromatic heterocycles. The van der Waals surface area contributed by atoms with Gasteiger partial charge in [-0.1, -0.05) is 20.8 Å². The van der Waals surface area contributed by atoms with Gasteiger partial charge in [0.25, 0.3) is 0 Å². The van der Waals surface area contributed by atoms with Crippen molar-refractivity contribution in [3.63, 3.8) is 0 Å². The molecule has 200 valence electrons. The van der Waals surface area contributed by atoms with Gasteiger partial charge < -0.3 is 5.11 Å². The first-order valence-corrected chi connectivity index (χ1v) is 7.53.